The third kappa shape index (κ3) is 2.92. The molecule has 0 aliphatic carbocycles. The number of anilines is 1. The highest BCUT2D eigenvalue weighted by atomic mass is 16.5. The highest BCUT2D eigenvalue weighted by Crippen LogP contribution is 2.14. The second-order valence-electron chi connectivity index (χ2n) is 4.05. The van der Waals surface area contributed by atoms with Gasteiger partial charge in [-0.05, 0) is 18.9 Å². The maximum atomic E-state index is 8.83. The standard InChI is InChI=1S/C12H16N4O/c1-2-11-9-16(6-3-7-17-11)12-14-5-4-10(8-13)15-12/h4-5,11H,2-3,6-7,9H2,1H3. The molecule has 2 heterocycles. The molecule has 1 fully saturated rings. The number of nitriles is 1. The largest absolute Gasteiger partial charge is 0.376 e. The van der Waals surface area contributed by atoms with Crippen LogP contribution in [0.4, 0.5) is 5.95 Å². The van der Waals surface area contributed by atoms with E-state index in [0.717, 1.165) is 32.5 Å². The number of nitrogens with zero attached hydrogens (tertiary/aromatic N) is 4. The molecule has 90 valence electrons. The van der Waals surface area contributed by atoms with E-state index in [1.54, 1.807) is 12.3 Å². The van der Waals surface area contributed by atoms with Gasteiger partial charge in [0.25, 0.3) is 0 Å². The van der Waals surface area contributed by atoms with Crippen LogP contribution < -0.4 is 4.90 Å². The molecule has 0 amide bonds. The summed E-state index contributed by atoms with van der Waals surface area (Å²) in [6, 6.07) is 3.66. The first-order valence-electron chi connectivity index (χ1n) is 5.93. The minimum Gasteiger partial charge on any atom is -0.376 e. The molecule has 0 radical (unpaired) electrons. The summed E-state index contributed by atoms with van der Waals surface area (Å²) >= 11 is 0. The maximum absolute atomic E-state index is 8.83. The van der Waals surface area contributed by atoms with Crippen LogP contribution >= 0.6 is 0 Å². The monoisotopic (exact) mass is 232 g/mol. The van der Waals surface area contributed by atoms with Crippen molar-refractivity contribution in [2.75, 3.05) is 24.6 Å². The van der Waals surface area contributed by atoms with Crippen LogP contribution in [-0.2, 0) is 4.74 Å². The van der Waals surface area contributed by atoms with Crippen LogP contribution in [0.15, 0.2) is 12.3 Å². The van der Waals surface area contributed by atoms with E-state index in [1.165, 1.54) is 0 Å². The van der Waals surface area contributed by atoms with Gasteiger partial charge in [-0.15, -0.1) is 0 Å². The smallest absolute Gasteiger partial charge is 0.226 e. The maximum Gasteiger partial charge on any atom is 0.226 e. The van der Waals surface area contributed by atoms with Crippen LogP contribution in [0.25, 0.3) is 0 Å². The van der Waals surface area contributed by atoms with Crippen molar-refractivity contribution >= 4 is 5.95 Å². The van der Waals surface area contributed by atoms with E-state index in [1.807, 2.05) is 6.07 Å². The predicted molar refractivity (Wildman–Crippen MR) is 63.6 cm³/mol. The molecular formula is C12H16N4O. The molecule has 1 saturated heterocycles. The number of ether oxygens (including phenoxy) is 1. The number of aromatic nitrogens is 2. The van der Waals surface area contributed by atoms with Crippen molar-refractivity contribution in [2.45, 2.75) is 25.9 Å². The Hall–Kier alpha value is -1.67. The number of hydrogen-bond acceptors (Lipinski definition) is 5. The zero-order valence-corrected chi connectivity index (χ0v) is 9.96. The fourth-order valence-electron chi connectivity index (χ4n) is 1.89. The summed E-state index contributed by atoms with van der Waals surface area (Å²) in [7, 11) is 0. The average Bonchev–Trinajstić information content (AvgIpc) is 2.64. The van der Waals surface area contributed by atoms with Gasteiger partial charge in [-0.3, -0.25) is 0 Å². The van der Waals surface area contributed by atoms with Crippen LogP contribution in [0.3, 0.4) is 0 Å². The normalized spacial score (nSPS) is 20.7. The third-order valence-electron chi connectivity index (χ3n) is 2.85. The lowest BCUT2D eigenvalue weighted by Gasteiger charge is -2.22. The van der Waals surface area contributed by atoms with Gasteiger partial charge >= 0.3 is 0 Å². The summed E-state index contributed by atoms with van der Waals surface area (Å²) in [6.45, 7) is 4.57. The van der Waals surface area contributed by atoms with Gasteiger partial charge in [0.15, 0.2) is 0 Å². The van der Waals surface area contributed by atoms with Crippen LogP contribution in [0.1, 0.15) is 25.5 Å². The van der Waals surface area contributed by atoms with Crippen molar-refractivity contribution in [3.05, 3.63) is 18.0 Å². The number of hydrogen-bond donors (Lipinski definition) is 0. The molecule has 0 saturated carbocycles. The fourth-order valence-corrected chi connectivity index (χ4v) is 1.89. The Labute approximate surface area is 101 Å². The third-order valence-corrected chi connectivity index (χ3v) is 2.85. The van der Waals surface area contributed by atoms with Crippen LogP contribution in [-0.4, -0.2) is 35.8 Å². The second-order valence-corrected chi connectivity index (χ2v) is 4.05. The molecule has 0 spiro atoms. The zero-order valence-electron chi connectivity index (χ0n) is 9.96. The van der Waals surface area contributed by atoms with Crippen molar-refractivity contribution in [2.24, 2.45) is 0 Å². The Morgan fingerprint density at radius 3 is 3.29 bits per heavy atom. The SMILES string of the molecule is CCC1CN(c2nccc(C#N)n2)CCCO1. The zero-order chi connectivity index (χ0) is 12.1. The van der Waals surface area contributed by atoms with E-state index in [-0.39, 0.29) is 6.10 Å². The van der Waals surface area contributed by atoms with E-state index in [2.05, 4.69) is 21.8 Å². The van der Waals surface area contributed by atoms with E-state index < -0.39 is 0 Å². The lowest BCUT2D eigenvalue weighted by Crippen LogP contribution is -2.32. The van der Waals surface area contributed by atoms with Crippen LogP contribution in [0, 0.1) is 11.3 Å². The Balaban J connectivity index is 2.16. The molecular weight excluding hydrogens is 216 g/mol. The van der Waals surface area contributed by atoms with Crippen molar-refractivity contribution < 1.29 is 4.74 Å². The minimum atomic E-state index is 0.229. The molecule has 1 aliphatic rings. The minimum absolute atomic E-state index is 0.229. The van der Waals surface area contributed by atoms with Gasteiger partial charge in [0, 0.05) is 25.9 Å². The Bertz CT molecular complexity index is 415. The first-order valence-corrected chi connectivity index (χ1v) is 5.93. The summed E-state index contributed by atoms with van der Waals surface area (Å²) in [5.74, 6) is 0.632. The summed E-state index contributed by atoms with van der Waals surface area (Å²) in [5.41, 5.74) is 0.410. The van der Waals surface area contributed by atoms with Gasteiger partial charge in [-0.25, -0.2) is 9.97 Å². The van der Waals surface area contributed by atoms with Gasteiger partial charge in [0.2, 0.25) is 5.95 Å². The molecule has 5 heteroatoms. The van der Waals surface area contributed by atoms with Gasteiger partial charge in [-0.2, -0.15) is 5.26 Å². The summed E-state index contributed by atoms with van der Waals surface area (Å²) in [5, 5.41) is 8.83. The molecule has 17 heavy (non-hydrogen) atoms. The lowest BCUT2D eigenvalue weighted by atomic mass is 10.2. The molecule has 0 bridgehead atoms. The summed E-state index contributed by atoms with van der Waals surface area (Å²) < 4.78 is 5.70. The van der Waals surface area contributed by atoms with Crippen molar-refractivity contribution in [1.29, 1.82) is 5.26 Å². The van der Waals surface area contributed by atoms with Crippen LogP contribution in [0.5, 0.6) is 0 Å². The first kappa shape index (κ1) is 11.8. The molecule has 1 atom stereocenters. The Morgan fingerprint density at radius 1 is 1.65 bits per heavy atom. The predicted octanol–water partition coefficient (Wildman–Crippen LogP) is 1.35. The topological polar surface area (TPSA) is 62.0 Å². The Morgan fingerprint density at radius 2 is 2.53 bits per heavy atom. The van der Waals surface area contributed by atoms with Gasteiger partial charge < -0.3 is 9.64 Å². The summed E-state index contributed by atoms with van der Waals surface area (Å²) in [6.07, 6.45) is 3.81. The average molecular weight is 232 g/mol. The molecule has 1 aromatic heterocycles. The van der Waals surface area contributed by atoms with Crippen molar-refractivity contribution in [1.82, 2.24) is 9.97 Å². The first-order chi connectivity index (χ1) is 8.33. The molecule has 1 aromatic rings. The van der Waals surface area contributed by atoms with Gasteiger partial charge in [0.1, 0.15) is 11.8 Å². The second kappa shape index (κ2) is 5.60. The van der Waals surface area contributed by atoms with Crippen molar-refractivity contribution in [3.63, 3.8) is 0 Å². The van der Waals surface area contributed by atoms with Gasteiger partial charge in [0.05, 0.1) is 6.10 Å². The molecule has 2 rings (SSSR count). The quantitative estimate of drug-likeness (QED) is 0.770. The molecule has 0 aromatic carbocycles. The molecule has 1 aliphatic heterocycles. The summed E-state index contributed by atoms with van der Waals surface area (Å²) in [4.78, 5) is 10.6. The van der Waals surface area contributed by atoms with E-state index in [0.29, 0.717) is 11.6 Å². The van der Waals surface area contributed by atoms with E-state index >= 15 is 0 Å². The molecule has 0 N–H and O–H groups in total. The molecule has 5 nitrogen and oxygen atoms in total. The van der Waals surface area contributed by atoms with Crippen molar-refractivity contribution in [3.8, 4) is 6.07 Å². The fraction of sp³-hybridized carbons (Fsp3) is 0.583. The van der Waals surface area contributed by atoms with Gasteiger partial charge in [-0.1, -0.05) is 6.92 Å². The van der Waals surface area contributed by atoms with E-state index in [4.69, 9.17) is 10.00 Å². The number of rotatable bonds is 2. The lowest BCUT2D eigenvalue weighted by molar-refractivity contribution is 0.0664. The van der Waals surface area contributed by atoms with Crippen LogP contribution in [0.2, 0.25) is 0 Å². The Kier molecular flexibility index (Phi) is 3.89. The molecule has 1 unspecified atom stereocenters. The highest BCUT2D eigenvalue weighted by Gasteiger charge is 2.19. The van der Waals surface area contributed by atoms with E-state index in [9.17, 15) is 0 Å². The highest BCUT2D eigenvalue weighted by molar-refractivity contribution is 5.33.